The van der Waals surface area contributed by atoms with Crippen LogP contribution in [0.2, 0.25) is 0 Å². The molecular formula is C15H16N2S. The molecule has 2 atom stereocenters. The molecule has 18 heavy (non-hydrogen) atoms. The van der Waals surface area contributed by atoms with E-state index >= 15 is 0 Å². The third kappa shape index (κ3) is 1.29. The van der Waals surface area contributed by atoms with Crippen molar-refractivity contribution in [3.8, 4) is 0 Å². The summed E-state index contributed by atoms with van der Waals surface area (Å²) < 4.78 is 1.30. The first-order valence-electron chi connectivity index (χ1n) is 6.54. The highest BCUT2D eigenvalue weighted by atomic mass is 32.1. The Morgan fingerprint density at radius 2 is 2.39 bits per heavy atom. The molecule has 92 valence electrons. The summed E-state index contributed by atoms with van der Waals surface area (Å²) in [6.07, 6.45) is 8.55. The minimum absolute atomic E-state index is 0.140. The zero-order chi connectivity index (χ0) is 12.2. The molecule has 1 fully saturated rings. The van der Waals surface area contributed by atoms with E-state index in [2.05, 4.69) is 47.3 Å². The van der Waals surface area contributed by atoms with E-state index < -0.39 is 0 Å². The van der Waals surface area contributed by atoms with Gasteiger partial charge in [-0.05, 0) is 44.0 Å². The third-order valence-electron chi connectivity index (χ3n) is 4.67. The topological polar surface area (TPSA) is 16.1 Å². The fraction of sp³-hybridized carbons (Fsp3) is 0.400. The molecule has 0 spiro atoms. The van der Waals surface area contributed by atoms with Gasteiger partial charge in [0.25, 0.3) is 0 Å². The van der Waals surface area contributed by atoms with Crippen LogP contribution in [0.4, 0.5) is 0 Å². The summed E-state index contributed by atoms with van der Waals surface area (Å²) in [5.41, 5.74) is 4.63. The minimum Gasteiger partial charge on any atom is -0.290 e. The lowest BCUT2D eigenvalue weighted by Gasteiger charge is -2.39. The van der Waals surface area contributed by atoms with Crippen molar-refractivity contribution < 1.29 is 0 Å². The number of aromatic nitrogens is 1. The fourth-order valence-electron chi connectivity index (χ4n) is 3.55. The standard InChI is InChI=1S/C15H16N2S/c1-17-12-3-2-7-15(17,8-6-12)11-4-5-13-14(9-11)18-10-16-13/h2,4-5,7,9-10,12H,3,6,8H2,1H3. The van der Waals surface area contributed by atoms with Gasteiger partial charge in [0, 0.05) is 6.04 Å². The van der Waals surface area contributed by atoms with E-state index in [1.807, 2.05) is 5.51 Å². The maximum atomic E-state index is 4.37. The third-order valence-corrected chi connectivity index (χ3v) is 5.46. The summed E-state index contributed by atoms with van der Waals surface area (Å²) in [6.45, 7) is 0. The van der Waals surface area contributed by atoms with Crippen LogP contribution in [0.15, 0.2) is 35.9 Å². The summed E-state index contributed by atoms with van der Waals surface area (Å²) in [5.74, 6) is 0. The molecule has 3 heteroatoms. The van der Waals surface area contributed by atoms with Gasteiger partial charge in [0.05, 0.1) is 21.3 Å². The maximum absolute atomic E-state index is 4.37. The number of rotatable bonds is 1. The number of fused-ring (bicyclic) bond motifs is 3. The zero-order valence-electron chi connectivity index (χ0n) is 10.5. The summed E-state index contributed by atoms with van der Waals surface area (Å²) in [4.78, 5) is 6.93. The second-order valence-corrected chi connectivity index (χ2v) is 6.29. The van der Waals surface area contributed by atoms with E-state index in [1.54, 1.807) is 11.3 Å². The molecule has 0 saturated carbocycles. The van der Waals surface area contributed by atoms with Gasteiger partial charge in [0.1, 0.15) is 0 Å². The van der Waals surface area contributed by atoms with Crippen molar-refractivity contribution in [3.05, 3.63) is 41.4 Å². The SMILES string of the molecule is CN1C2CC=CC1(c1ccc3ncsc3c1)CC2. The van der Waals surface area contributed by atoms with Gasteiger partial charge in [-0.3, -0.25) is 4.90 Å². The largest absolute Gasteiger partial charge is 0.290 e. The van der Waals surface area contributed by atoms with Crippen LogP contribution in [0, 0.1) is 0 Å². The van der Waals surface area contributed by atoms with Crippen LogP contribution >= 0.6 is 11.3 Å². The van der Waals surface area contributed by atoms with Crippen molar-refractivity contribution in [2.75, 3.05) is 7.05 Å². The van der Waals surface area contributed by atoms with Crippen LogP contribution in [-0.4, -0.2) is 23.0 Å². The Hall–Kier alpha value is -1.19. The second-order valence-electron chi connectivity index (χ2n) is 5.40. The number of hydrogen-bond donors (Lipinski definition) is 0. The summed E-state index contributed by atoms with van der Waals surface area (Å²) in [5, 5.41) is 0. The zero-order valence-corrected chi connectivity index (χ0v) is 11.3. The van der Waals surface area contributed by atoms with Crippen LogP contribution in [-0.2, 0) is 5.54 Å². The molecule has 2 aromatic rings. The van der Waals surface area contributed by atoms with Gasteiger partial charge < -0.3 is 0 Å². The quantitative estimate of drug-likeness (QED) is 0.725. The Kier molecular flexibility index (Phi) is 2.17. The van der Waals surface area contributed by atoms with E-state index in [-0.39, 0.29) is 5.54 Å². The first-order chi connectivity index (χ1) is 8.79. The van der Waals surface area contributed by atoms with E-state index in [1.165, 1.54) is 29.5 Å². The Morgan fingerprint density at radius 1 is 1.44 bits per heavy atom. The summed E-state index contributed by atoms with van der Waals surface area (Å²) in [6, 6.07) is 7.49. The molecule has 3 heterocycles. The van der Waals surface area contributed by atoms with Crippen LogP contribution in [0.25, 0.3) is 10.2 Å². The van der Waals surface area contributed by atoms with Gasteiger partial charge >= 0.3 is 0 Å². The predicted molar refractivity (Wildman–Crippen MR) is 75.8 cm³/mol. The number of hydrogen-bond acceptors (Lipinski definition) is 3. The van der Waals surface area contributed by atoms with E-state index in [4.69, 9.17) is 0 Å². The predicted octanol–water partition coefficient (Wildman–Crippen LogP) is 3.55. The molecule has 2 aliphatic heterocycles. The molecule has 0 aliphatic carbocycles. The molecule has 4 rings (SSSR count). The van der Waals surface area contributed by atoms with E-state index in [0.717, 1.165) is 11.6 Å². The lowest BCUT2D eigenvalue weighted by Crippen LogP contribution is -2.42. The first kappa shape index (κ1) is 10.7. The van der Waals surface area contributed by atoms with Crippen molar-refractivity contribution in [1.29, 1.82) is 0 Å². The average Bonchev–Trinajstić information content (AvgIpc) is 2.89. The fourth-order valence-corrected chi connectivity index (χ4v) is 4.26. The second kappa shape index (κ2) is 3.65. The first-order valence-corrected chi connectivity index (χ1v) is 7.42. The molecule has 1 aromatic heterocycles. The summed E-state index contributed by atoms with van der Waals surface area (Å²) in [7, 11) is 2.28. The van der Waals surface area contributed by atoms with Crippen LogP contribution in [0.5, 0.6) is 0 Å². The van der Waals surface area contributed by atoms with Gasteiger partial charge in [-0.2, -0.15) is 0 Å². The molecule has 1 saturated heterocycles. The average molecular weight is 256 g/mol. The van der Waals surface area contributed by atoms with Gasteiger partial charge in [-0.15, -0.1) is 11.3 Å². The van der Waals surface area contributed by atoms with Crippen LogP contribution < -0.4 is 0 Å². The minimum atomic E-state index is 0.140. The van der Waals surface area contributed by atoms with Gasteiger partial charge in [-0.25, -0.2) is 4.98 Å². The van der Waals surface area contributed by atoms with Gasteiger partial charge in [0.2, 0.25) is 0 Å². The highest BCUT2D eigenvalue weighted by molar-refractivity contribution is 7.16. The van der Waals surface area contributed by atoms with E-state index in [0.29, 0.717) is 0 Å². The Bertz CT molecular complexity index is 630. The number of thiazole rings is 1. The van der Waals surface area contributed by atoms with Crippen LogP contribution in [0.1, 0.15) is 24.8 Å². The van der Waals surface area contributed by atoms with Crippen molar-refractivity contribution in [1.82, 2.24) is 9.88 Å². The van der Waals surface area contributed by atoms with Gasteiger partial charge in [0.15, 0.2) is 0 Å². The monoisotopic (exact) mass is 256 g/mol. The normalized spacial score (nSPS) is 31.3. The van der Waals surface area contributed by atoms with E-state index in [9.17, 15) is 0 Å². The number of benzene rings is 1. The van der Waals surface area contributed by atoms with Crippen molar-refractivity contribution in [2.45, 2.75) is 30.8 Å². The molecular weight excluding hydrogens is 240 g/mol. The highest BCUT2D eigenvalue weighted by Crippen LogP contribution is 2.46. The molecule has 0 radical (unpaired) electrons. The maximum Gasteiger partial charge on any atom is 0.0812 e. The Labute approximate surface area is 111 Å². The number of likely N-dealkylation sites (N-methyl/N-ethyl adjacent to an activating group) is 1. The van der Waals surface area contributed by atoms with Crippen LogP contribution in [0.3, 0.4) is 0 Å². The molecule has 2 nitrogen and oxygen atoms in total. The highest BCUT2D eigenvalue weighted by Gasteiger charge is 2.45. The summed E-state index contributed by atoms with van der Waals surface area (Å²) >= 11 is 1.74. The van der Waals surface area contributed by atoms with Crippen molar-refractivity contribution in [2.24, 2.45) is 0 Å². The number of nitrogens with zero attached hydrogens (tertiary/aromatic N) is 2. The molecule has 0 N–H and O–H groups in total. The lowest BCUT2D eigenvalue weighted by atomic mass is 9.86. The molecule has 1 aromatic carbocycles. The van der Waals surface area contributed by atoms with Gasteiger partial charge in [-0.1, -0.05) is 18.2 Å². The smallest absolute Gasteiger partial charge is 0.0812 e. The molecule has 0 amide bonds. The lowest BCUT2D eigenvalue weighted by molar-refractivity contribution is 0.168. The Balaban J connectivity index is 1.90. The molecule has 2 bridgehead atoms. The Morgan fingerprint density at radius 3 is 3.33 bits per heavy atom. The molecule has 2 aliphatic rings. The van der Waals surface area contributed by atoms with Crippen molar-refractivity contribution >= 4 is 21.6 Å². The van der Waals surface area contributed by atoms with Crippen molar-refractivity contribution in [3.63, 3.8) is 0 Å². The molecule has 2 unspecified atom stereocenters.